The highest BCUT2D eigenvalue weighted by Crippen LogP contribution is 2.36. The fourth-order valence-electron chi connectivity index (χ4n) is 3.96. The van der Waals surface area contributed by atoms with Gasteiger partial charge in [-0.1, -0.05) is 56.8 Å². The van der Waals surface area contributed by atoms with Crippen molar-refractivity contribution in [3.8, 4) is 40.1 Å². The maximum absolute atomic E-state index is 12.6. The number of benzene rings is 3. The molecule has 41 heavy (non-hydrogen) atoms. The average molecular weight is 576 g/mol. The van der Waals surface area contributed by atoms with Crippen LogP contribution in [0.1, 0.15) is 31.9 Å². The number of methoxy groups -OCH3 is 3. The standard InChI is InChI=1S/C30H33N5O5S/c1-30(2,3)21-9-7-20(8-10-21)28-33-34-29(35(28)22-11-13-23(38-4)14-12-22)41-18-26(36)32-31-17-19-15-24(39-5)27(37)25(16-19)40-6/h7-17,37H,18H2,1-6H3,(H,32,36). The van der Waals surface area contributed by atoms with E-state index in [1.807, 2.05) is 41.0 Å². The molecule has 1 amide bonds. The van der Waals surface area contributed by atoms with Crippen molar-refractivity contribution in [3.05, 3.63) is 71.8 Å². The average Bonchev–Trinajstić information content (AvgIpc) is 3.40. The summed E-state index contributed by atoms with van der Waals surface area (Å²) >= 11 is 1.24. The quantitative estimate of drug-likeness (QED) is 0.150. The van der Waals surface area contributed by atoms with E-state index in [0.29, 0.717) is 16.5 Å². The minimum absolute atomic E-state index is 0.0272. The highest BCUT2D eigenvalue weighted by Gasteiger charge is 2.19. The third kappa shape index (κ3) is 6.98. The van der Waals surface area contributed by atoms with Crippen LogP contribution in [0.3, 0.4) is 0 Å². The Morgan fingerprint density at radius 3 is 2.17 bits per heavy atom. The van der Waals surface area contributed by atoms with Crippen LogP contribution in [0.15, 0.2) is 70.9 Å². The molecule has 4 rings (SSSR count). The first kappa shape index (κ1) is 29.5. The van der Waals surface area contributed by atoms with E-state index in [4.69, 9.17) is 14.2 Å². The minimum Gasteiger partial charge on any atom is -0.502 e. The van der Waals surface area contributed by atoms with Crippen LogP contribution in [0, 0.1) is 0 Å². The van der Waals surface area contributed by atoms with Gasteiger partial charge in [-0.25, -0.2) is 5.43 Å². The molecule has 0 aliphatic rings. The molecule has 1 heterocycles. The lowest BCUT2D eigenvalue weighted by molar-refractivity contribution is -0.118. The topological polar surface area (TPSA) is 120 Å². The van der Waals surface area contributed by atoms with Crippen LogP contribution in [0.25, 0.3) is 17.1 Å². The van der Waals surface area contributed by atoms with Gasteiger partial charge in [-0.2, -0.15) is 5.10 Å². The van der Waals surface area contributed by atoms with E-state index in [9.17, 15) is 9.90 Å². The molecule has 214 valence electrons. The Morgan fingerprint density at radius 1 is 0.976 bits per heavy atom. The predicted molar refractivity (Wildman–Crippen MR) is 160 cm³/mol. The normalized spacial score (nSPS) is 11.5. The van der Waals surface area contributed by atoms with E-state index < -0.39 is 0 Å². The number of phenols is 1. The first-order valence-electron chi connectivity index (χ1n) is 12.7. The van der Waals surface area contributed by atoms with E-state index >= 15 is 0 Å². The van der Waals surface area contributed by atoms with Gasteiger partial charge in [0.1, 0.15) is 5.75 Å². The lowest BCUT2D eigenvalue weighted by Gasteiger charge is -2.19. The number of carbonyl (C=O) groups is 1. The highest BCUT2D eigenvalue weighted by atomic mass is 32.2. The Hall–Kier alpha value is -4.51. The predicted octanol–water partition coefficient (Wildman–Crippen LogP) is 5.21. The summed E-state index contributed by atoms with van der Waals surface area (Å²) in [5.74, 6) is 1.46. The largest absolute Gasteiger partial charge is 0.502 e. The van der Waals surface area contributed by atoms with Crippen LogP contribution >= 0.6 is 11.8 Å². The van der Waals surface area contributed by atoms with Gasteiger partial charge in [0.25, 0.3) is 5.91 Å². The summed E-state index contributed by atoms with van der Waals surface area (Å²) in [6.07, 6.45) is 1.44. The second kappa shape index (κ2) is 12.8. The molecule has 1 aromatic heterocycles. The first-order chi connectivity index (χ1) is 19.6. The molecular weight excluding hydrogens is 542 g/mol. The summed E-state index contributed by atoms with van der Waals surface area (Å²) in [6, 6.07) is 19.0. The van der Waals surface area contributed by atoms with Gasteiger partial charge in [0.05, 0.1) is 33.3 Å². The zero-order valence-corrected chi connectivity index (χ0v) is 24.7. The van der Waals surface area contributed by atoms with E-state index in [1.165, 1.54) is 37.8 Å². The summed E-state index contributed by atoms with van der Waals surface area (Å²) in [5.41, 5.74) is 6.07. The summed E-state index contributed by atoms with van der Waals surface area (Å²) in [4.78, 5) is 12.6. The summed E-state index contributed by atoms with van der Waals surface area (Å²) in [6.45, 7) is 6.51. The zero-order chi connectivity index (χ0) is 29.6. The molecule has 0 saturated heterocycles. The van der Waals surface area contributed by atoms with Crippen molar-refractivity contribution >= 4 is 23.9 Å². The van der Waals surface area contributed by atoms with E-state index in [-0.39, 0.29) is 34.3 Å². The minimum atomic E-state index is -0.329. The summed E-state index contributed by atoms with van der Waals surface area (Å²) in [7, 11) is 4.49. The molecule has 0 fully saturated rings. The molecule has 0 aliphatic heterocycles. The van der Waals surface area contributed by atoms with Gasteiger partial charge in [-0.15, -0.1) is 10.2 Å². The van der Waals surface area contributed by atoms with Crippen LogP contribution in [-0.2, 0) is 10.2 Å². The van der Waals surface area contributed by atoms with Crippen LogP contribution in [0.2, 0.25) is 0 Å². The fraction of sp³-hybridized carbons (Fsp3) is 0.267. The fourth-order valence-corrected chi connectivity index (χ4v) is 4.71. The highest BCUT2D eigenvalue weighted by molar-refractivity contribution is 7.99. The lowest BCUT2D eigenvalue weighted by atomic mass is 9.87. The third-order valence-corrected chi connectivity index (χ3v) is 7.14. The Labute approximate surface area is 243 Å². The number of nitrogens with one attached hydrogen (secondary N) is 1. The van der Waals surface area contributed by atoms with Gasteiger partial charge in [0.2, 0.25) is 5.75 Å². The van der Waals surface area contributed by atoms with Gasteiger partial charge in [-0.05, 0) is 47.4 Å². The van der Waals surface area contributed by atoms with Gasteiger partial charge in [0, 0.05) is 16.8 Å². The molecule has 0 unspecified atom stereocenters. The smallest absolute Gasteiger partial charge is 0.250 e. The van der Waals surface area contributed by atoms with Crippen LogP contribution in [0.4, 0.5) is 0 Å². The molecule has 4 aromatic rings. The molecule has 10 nitrogen and oxygen atoms in total. The number of hydrazone groups is 1. The van der Waals surface area contributed by atoms with Gasteiger partial charge < -0.3 is 19.3 Å². The molecule has 0 bridgehead atoms. The van der Waals surface area contributed by atoms with E-state index in [1.54, 1.807) is 19.2 Å². The molecule has 0 atom stereocenters. The van der Waals surface area contributed by atoms with Crippen molar-refractivity contribution in [1.29, 1.82) is 0 Å². The Kier molecular flexibility index (Phi) is 9.18. The summed E-state index contributed by atoms with van der Waals surface area (Å²) < 4.78 is 17.5. The Bertz CT molecular complexity index is 1500. The van der Waals surface area contributed by atoms with Crippen molar-refractivity contribution in [2.45, 2.75) is 31.3 Å². The Morgan fingerprint density at radius 2 is 1.61 bits per heavy atom. The Balaban J connectivity index is 1.53. The molecular formula is C30H33N5O5S. The van der Waals surface area contributed by atoms with Crippen LogP contribution < -0.4 is 19.6 Å². The number of aromatic hydroxyl groups is 1. The van der Waals surface area contributed by atoms with Crippen molar-refractivity contribution < 1.29 is 24.1 Å². The van der Waals surface area contributed by atoms with Gasteiger partial charge in [-0.3, -0.25) is 9.36 Å². The number of hydrogen-bond acceptors (Lipinski definition) is 9. The van der Waals surface area contributed by atoms with Crippen LogP contribution in [0.5, 0.6) is 23.0 Å². The molecule has 0 spiro atoms. The number of rotatable bonds is 10. The molecule has 0 radical (unpaired) electrons. The van der Waals surface area contributed by atoms with Crippen molar-refractivity contribution in [3.63, 3.8) is 0 Å². The molecule has 0 saturated carbocycles. The van der Waals surface area contributed by atoms with E-state index in [0.717, 1.165) is 17.0 Å². The number of carbonyl (C=O) groups excluding carboxylic acids is 1. The van der Waals surface area contributed by atoms with E-state index in [2.05, 4.69) is 53.6 Å². The number of aromatic nitrogens is 3. The van der Waals surface area contributed by atoms with Gasteiger partial charge in [0.15, 0.2) is 22.5 Å². The van der Waals surface area contributed by atoms with Crippen molar-refractivity contribution in [2.24, 2.45) is 5.10 Å². The number of hydrogen-bond donors (Lipinski definition) is 2. The second-order valence-corrected chi connectivity index (χ2v) is 11.0. The molecule has 0 aliphatic carbocycles. The van der Waals surface area contributed by atoms with Gasteiger partial charge >= 0.3 is 0 Å². The maximum Gasteiger partial charge on any atom is 0.250 e. The maximum atomic E-state index is 12.6. The number of nitrogens with zero attached hydrogens (tertiary/aromatic N) is 4. The number of thioether (sulfide) groups is 1. The zero-order valence-electron chi connectivity index (χ0n) is 23.8. The first-order valence-corrected chi connectivity index (χ1v) is 13.7. The molecule has 11 heteroatoms. The van der Waals surface area contributed by atoms with Crippen molar-refractivity contribution in [2.75, 3.05) is 27.1 Å². The van der Waals surface area contributed by atoms with Crippen molar-refractivity contribution in [1.82, 2.24) is 20.2 Å². The molecule has 3 aromatic carbocycles. The molecule has 2 N–H and O–H groups in total. The third-order valence-electron chi connectivity index (χ3n) is 6.21. The summed E-state index contributed by atoms with van der Waals surface area (Å²) in [5, 5.41) is 23.5. The lowest BCUT2D eigenvalue weighted by Crippen LogP contribution is -2.20. The monoisotopic (exact) mass is 575 g/mol. The van der Waals surface area contributed by atoms with Crippen LogP contribution in [-0.4, -0.2) is 59.1 Å². The SMILES string of the molecule is COc1ccc(-n2c(SCC(=O)NN=Cc3cc(OC)c(O)c(OC)c3)nnc2-c2ccc(C(C)(C)C)cc2)cc1. The second-order valence-electron chi connectivity index (χ2n) is 10.0. The number of phenolic OH excluding ortho intramolecular Hbond substituents is 1. The number of ether oxygens (including phenoxy) is 3. The number of amides is 1.